The second-order valence-electron chi connectivity index (χ2n) is 30.4. The average Bonchev–Trinajstić information content (AvgIpc) is 3.21. The van der Waals surface area contributed by atoms with E-state index in [1.165, 1.54) is 11.1 Å². The summed E-state index contributed by atoms with van der Waals surface area (Å²) in [5, 5.41) is 65.4. The Morgan fingerprint density at radius 2 is 0.971 bits per heavy atom. The minimum Gasteiger partial charge on any atom is -0.481 e. The molecule has 8 fully saturated rings. The number of aliphatic hydroxyl groups excluding tert-OH is 4. The minimum atomic E-state index is -1.04. The van der Waals surface area contributed by atoms with E-state index in [1.54, 1.807) is 0 Å². The monoisotopic (exact) mass is 945 g/mol. The molecular weight excluding hydrogens is 849 g/mol. The van der Waals surface area contributed by atoms with Gasteiger partial charge in [0.25, 0.3) is 0 Å². The van der Waals surface area contributed by atoms with Crippen LogP contribution in [0.5, 0.6) is 0 Å². The standard InChI is InChI=1S/2C30H48O4/c1-25(2)14-15-30(24(33)34)19(16-25)18-8-9-21-27(5)12-11-22(31)26(3,4)20(27)10-13-28(21,6)29(18,7)17-23(30)32;1-25(2)12-14-30(24(33)34)15-13-28(6)18(19(30)16-25)8-9-22-27(5)17-20(31)23(32)26(3,4)21(27)10-11-29(22,28)7/h2*8,19-23,31-32H,9-17H2,1-7H3,(H,33,34)/t19-,20-,21+,22-,23+,27-,28+,29+,30+;19-,20+,21-,22+,23-,27-,28+,29+,30-/m00/s1. The van der Waals surface area contributed by atoms with Gasteiger partial charge in [-0.3, -0.25) is 9.59 Å². The van der Waals surface area contributed by atoms with Crippen molar-refractivity contribution in [2.45, 2.75) is 237 Å². The van der Waals surface area contributed by atoms with E-state index < -0.39 is 41.1 Å². The lowest BCUT2D eigenvalue weighted by Crippen LogP contribution is -2.67. The molecule has 18 atom stereocenters. The van der Waals surface area contributed by atoms with Crippen molar-refractivity contribution in [1.29, 1.82) is 0 Å². The first-order valence-electron chi connectivity index (χ1n) is 27.7. The number of allylic oxidation sites excluding steroid dienone is 4. The van der Waals surface area contributed by atoms with Crippen LogP contribution in [0.1, 0.15) is 213 Å². The molecule has 0 bridgehead atoms. The summed E-state index contributed by atoms with van der Waals surface area (Å²) in [7, 11) is 0. The zero-order chi connectivity index (χ0) is 50.2. The molecule has 8 saturated carbocycles. The van der Waals surface area contributed by atoms with Gasteiger partial charge in [-0.05, 0) is 205 Å². The number of rotatable bonds is 2. The lowest BCUT2D eigenvalue weighted by Gasteiger charge is -2.71. The molecule has 0 amide bonds. The molecule has 10 aliphatic carbocycles. The fourth-order valence-corrected chi connectivity index (χ4v) is 21.5. The molecule has 10 rings (SSSR count). The molecule has 0 heterocycles. The molecule has 0 aromatic carbocycles. The second-order valence-corrected chi connectivity index (χ2v) is 30.4. The molecule has 0 unspecified atom stereocenters. The fraction of sp³-hybridized carbons (Fsp3) is 0.900. The Kier molecular flexibility index (Phi) is 11.6. The quantitative estimate of drug-likeness (QED) is 0.150. The lowest BCUT2D eigenvalue weighted by molar-refractivity contribution is -0.231. The first kappa shape index (κ1) is 51.2. The van der Waals surface area contributed by atoms with Crippen molar-refractivity contribution in [3.05, 3.63) is 23.3 Å². The first-order chi connectivity index (χ1) is 31.1. The van der Waals surface area contributed by atoms with Crippen LogP contribution in [0.15, 0.2) is 23.3 Å². The Morgan fingerprint density at radius 1 is 0.471 bits per heavy atom. The maximum Gasteiger partial charge on any atom is 0.312 e. The normalized spacial score (nSPS) is 53.4. The summed E-state index contributed by atoms with van der Waals surface area (Å²) in [6.07, 6.45) is 18.8. The van der Waals surface area contributed by atoms with Gasteiger partial charge in [0.05, 0.1) is 29.8 Å². The zero-order valence-electron chi connectivity index (χ0n) is 45.2. The van der Waals surface area contributed by atoms with Crippen molar-refractivity contribution in [1.82, 2.24) is 0 Å². The van der Waals surface area contributed by atoms with Gasteiger partial charge in [-0.25, -0.2) is 0 Å². The SMILES string of the molecule is CC1(C)CC[C@]2(C(=O)O)CC[C@]3(C)C(=CC[C@@H]4[C@@]5(C)C[C@@H](O)[C@H](O)C(C)(C)[C@@H]5CC[C@]43C)[C@@H]2C1.CC1(C)CC[C@]2(C(=O)O)[C@H](O)C[C@]3(C)C(=CC[C@@H]4[C@@]5(C)CC[C@H](O)C(C)(C)[C@@H]5CC[C@]43C)[C@@H]2C1. The highest BCUT2D eigenvalue weighted by atomic mass is 16.4. The van der Waals surface area contributed by atoms with Gasteiger partial charge in [0, 0.05) is 0 Å². The largest absolute Gasteiger partial charge is 0.481 e. The molecule has 0 aromatic heterocycles. The zero-order valence-corrected chi connectivity index (χ0v) is 45.2. The number of fused-ring (bicyclic) bond motifs is 14. The van der Waals surface area contributed by atoms with Crippen LogP contribution in [0.2, 0.25) is 0 Å². The van der Waals surface area contributed by atoms with E-state index in [0.717, 1.165) is 96.3 Å². The Balaban J connectivity index is 0.000000170. The molecule has 0 aliphatic heterocycles. The molecule has 10 aliphatic rings. The molecular formula is C60H96O8. The average molecular weight is 945 g/mol. The van der Waals surface area contributed by atoms with Gasteiger partial charge in [0.1, 0.15) is 5.41 Å². The van der Waals surface area contributed by atoms with Gasteiger partial charge < -0.3 is 30.6 Å². The second kappa shape index (κ2) is 15.4. The third kappa shape index (κ3) is 6.48. The van der Waals surface area contributed by atoms with Crippen LogP contribution >= 0.6 is 0 Å². The van der Waals surface area contributed by atoms with E-state index in [4.69, 9.17) is 0 Å². The highest BCUT2D eigenvalue weighted by Crippen LogP contribution is 2.78. The first-order valence-corrected chi connectivity index (χ1v) is 27.7. The molecule has 384 valence electrons. The summed E-state index contributed by atoms with van der Waals surface area (Å²) in [5.41, 5.74) is 1.05. The van der Waals surface area contributed by atoms with Gasteiger partial charge >= 0.3 is 11.9 Å². The number of hydrogen-bond donors (Lipinski definition) is 6. The summed E-state index contributed by atoms with van der Waals surface area (Å²) >= 11 is 0. The van der Waals surface area contributed by atoms with E-state index in [1.807, 2.05) is 0 Å². The van der Waals surface area contributed by atoms with Crippen molar-refractivity contribution in [3.8, 4) is 0 Å². The van der Waals surface area contributed by atoms with E-state index in [0.29, 0.717) is 42.9 Å². The van der Waals surface area contributed by atoms with Gasteiger partial charge in [-0.15, -0.1) is 0 Å². The third-order valence-electron chi connectivity index (χ3n) is 26.1. The van der Waals surface area contributed by atoms with E-state index in [2.05, 4.69) is 109 Å². The van der Waals surface area contributed by atoms with Gasteiger partial charge in [0.2, 0.25) is 0 Å². The van der Waals surface area contributed by atoms with E-state index >= 15 is 0 Å². The van der Waals surface area contributed by atoms with E-state index in [-0.39, 0.29) is 72.1 Å². The van der Waals surface area contributed by atoms with Crippen molar-refractivity contribution in [2.75, 3.05) is 0 Å². The number of carboxylic acids is 2. The topological polar surface area (TPSA) is 156 Å². The number of hydrogen-bond acceptors (Lipinski definition) is 6. The summed E-state index contributed by atoms with van der Waals surface area (Å²) in [4.78, 5) is 25.6. The van der Waals surface area contributed by atoms with Gasteiger partial charge in [0.15, 0.2) is 0 Å². The van der Waals surface area contributed by atoms with Crippen molar-refractivity contribution >= 4 is 11.9 Å². The summed E-state index contributed by atoms with van der Waals surface area (Å²) in [6.45, 7) is 32.7. The molecule has 0 spiro atoms. The van der Waals surface area contributed by atoms with Crippen LogP contribution in [-0.2, 0) is 9.59 Å². The lowest BCUT2D eigenvalue weighted by atomic mass is 9.33. The van der Waals surface area contributed by atoms with Crippen LogP contribution in [0.4, 0.5) is 0 Å². The number of carboxylic acid groups (broad SMARTS) is 2. The Hall–Kier alpha value is -1.74. The van der Waals surface area contributed by atoms with E-state index in [9.17, 15) is 40.2 Å². The molecule has 68 heavy (non-hydrogen) atoms. The minimum absolute atomic E-state index is 0.00785. The van der Waals surface area contributed by atoms with Crippen LogP contribution in [0.3, 0.4) is 0 Å². The Bertz CT molecular complexity index is 2130. The smallest absolute Gasteiger partial charge is 0.312 e. The number of aliphatic carboxylic acids is 2. The summed E-state index contributed by atoms with van der Waals surface area (Å²) < 4.78 is 0. The van der Waals surface area contributed by atoms with Crippen molar-refractivity contribution in [2.24, 2.45) is 100 Å². The van der Waals surface area contributed by atoms with Gasteiger partial charge in [-0.1, -0.05) is 120 Å². The highest BCUT2D eigenvalue weighted by molar-refractivity contribution is 5.78. The van der Waals surface area contributed by atoms with Crippen LogP contribution < -0.4 is 0 Å². The Labute approximate surface area is 411 Å². The fourth-order valence-electron chi connectivity index (χ4n) is 21.5. The molecule has 0 aromatic rings. The third-order valence-corrected chi connectivity index (χ3v) is 26.1. The van der Waals surface area contributed by atoms with Crippen molar-refractivity contribution in [3.63, 3.8) is 0 Å². The number of carbonyl (C=O) groups is 2. The predicted molar refractivity (Wildman–Crippen MR) is 268 cm³/mol. The predicted octanol–water partition coefficient (Wildman–Crippen LogP) is 12.4. The van der Waals surface area contributed by atoms with Crippen molar-refractivity contribution < 1.29 is 40.2 Å². The molecule has 8 nitrogen and oxygen atoms in total. The van der Waals surface area contributed by atoms with Gasteiger partial charge in [-0.2, -0.15) is 0 Å². The number of aliphatic hydroxyl groups is 4. The highest BCUT2D eigenvalue weighted by Gasteiger charge is 2.73. The Morgan fingerprint density at radius 3 is 1.54 bits per heavy atom. The summed E-state index contributed by atoms with van der Waals surface area (Å²) in [5.74, 6) is 0.454. The summed E-state index contributed by atoms with van der Waals surface area (Å²) in [6, 6.07) is 0. The van der Waals surface area contributed by atoms with Crippen LogP contribution in [0.25, 0.3) is 0 Å². The maximum absolute atomic E-state index is 12.8. The molecule has 0 saturated heterocycles. The van der Waals surface area contributed by atoms with Crippen LogP contribution in [0, 0.1) is 100 Å². The maximum atomic E-state index is 12.8. The van der Waals surface area contributed by atoms with Crippen LogP contribution in [-0.4, -0.2) is 67.0 Å². The molecule has 8 heteroatoms. The molecule has 6 N–H and O–H groups in total. The molecule has 0 radical (unpaired) electrons.